The monoisotopic (exact) mass is 315 g/mol. The third kappa shape index (κ3) is 2.24. The van der Waals surface area contributed by atoms with Crippen LogP contribution in [0.25, 0.3) is 5.52 Å². The number of carbonyl (C=O) groups is 1. The number of ketones is 1. The molecule has 1 atom stereocenters. The maximum absolute atomic E-state index is 12.9. The third-order valence-corrected chi connectivity index (χ3v) is 4.49. The van der Waals surface area contributed by atoms with Crippen LogP contribution in [0.15, 0.2) is 36.8 Å². The molecule has 22 heavy (non-hydrogen) atoms. The Labute approximate surface area is 135 Å². The van der Waals surface area contributed by atoms with Gasteiger partial charge in [-0.1, -0.05) is 6.07 Å². The van der Waals surface area contributed by atoms with E-state index in [-0.39, 0.29) is 24.1 Å². The van der Waals surface area contributed by atoms with Crippen LogP contribution in [0.4, 0.5) is 0 Å². The molecule has 1 aliphatic carbocycles. The Morgan fingerprint density at radius 2 is 2.27 bits per heavy atom. The number of halogens is 1. The Morgan fingerprint density at radius 3 is 3.14 bits per heavy atom. The lowest BCUT2D eigenvalue weighted by molar-refractivity contribution is 0.0901. The first-order valence-electron chi connectivity index (χ1n) is 7.36. The lowest BCUT2D eigenvalue weighted by atomic mass is 9.85. The SMILES string of the molecule is Cc1cc(C(=O)C2CCc3[nH]cnc3C2)n2ccccc12.Cl. The molecule has 3 heterocycles. The van der Waals surface area contributed by atoms with Crippen LogP contribution >= 0.6 is 12.4 Å². The van der Waals surface area contributed by atoms with Gasteiger partial charge in [0.25, 0.3) is 0 Å². The second-order valence-electron chi connectivity index (χ2n) is 5.80. The fourth-order valence-corrected chi connectivity index (χ4v) is 3.34. The molecule has 1 unspecified atom stereocenters. The molecular weight excluding hydrogens is 298 g/mol. The quantitative estimate of drug-likeness (QED) is 0.737. The van der Waals surface area contributed by atoms with Gasteiger partial charge in [-0.05, 0) is 43.5 Å². The first-order chi connectivity index (χ1) is 10.2. The van der Waals surface area contributed by atoms with Gasteiger partial charge in [0.2, 0.25) is 0 Å². The molecule has 0 radical (unpaired) electrons. The predicted octanol–water partition coefficient (Wildman–Crippen LogP) is 3.38. The first kappa shape index (κ1) is 14.9. The van der Waals surface area contributed by atoms with Crippen LogP contribution in [0.3, 0.4) is 0 Å². The third-order valence-electron chi connectivity index (χ3n) is 4.49. The average molecular weight is 316 g/mol. The molecule has 1 aliphatic rings. The van der Waals surface area contributed by atoms with Gasteiger partial charge < -0.3 is 9.38 Å². The van der Waals surface area contributed by atoms with Gasteiger partial charge in [0.15, 0.2) is 5.78 Å². The summed E-state index contributed by atoms with van der Waals surface area (Å²) >= 11 is 0. The summed E-state index contributed by atoms with van der Waals surface area (Å²) in [6, 6.07) is 8.04. The molecule has 0 aromatic carbocycles. The van der Waals surface area contributed by atoms with Crippen LogP contribution in [0.1, 0.15) is 33.9 Å². The molecule has 1 N–H and O–H groups in total. The number of aromatic nitrogens is 3. The Bertz CT molecular complexity index is 833. The molecule has 4 rings (SSSR count). The minimum absolute atomic E-state index is 0. The van der Waals surface area contributed by atoms with E-state index >= 15 is 0 Å². The van der Waals surface area contributed by atoms with Crippen molar-refractivity contribution >= 4 is 23.7 Å². The Kier molecular flexibility index (Phi) is 3.79. The minimum atomic E-state index is 0. The standard InChI is InChI=1S/C17H17N3O.ClH/c1-11-8-16(20-7-3-2-4-15(11)20)17(21)12-5-6-13-14(9-12)19-10-18-13;/h2-4,7-8,10,12H,5-6,9H2,1H3,(H,18,19);1H. The van der Waals surface area contributed by atoms with Gasteiger partial charge in [-0.3, -0.25) is 4.79 Å². The number of rotatable bonds is 2. The van der Waals surface area contributed by atoms with Gasteiger partial charge in [0, 0.05) is 29.7 Å². The number of aromatic amines is 1. The smallest absolute Gasteiger partial charge is 0.183 e. The van der Waals surface area contributed by atoms with Gasteiger partial charge in [-0.2, -0.15) is 0 Å². The molecular formula is C17H18ClN3O. The van der Waals surface area contributed by atoms with Gasteiger partial charge >= 0.3 is 0 Å². The number of hydrogen-bond acceptors (Lipinski definition) is 2. The fraction of sp³-hybridized carbons (Fsp3) is 0.294. The minimum Gasteiger partial charge on any atom is -0.348 e. The molecule has 0 saturated carbocycles. The van der Waals surface area contributed by atoms with Crippen LogP contribution in [-0.2, 0) is 12.8 Å². The largest absolute Gasteiger partial charge is 0.348 e. The molecule has 0 amide bonds. The summed E-state index contributed by atoms with van der Waals surface area (Å²) in [4.78, 5) is 20.4. The van der Waals surface area contributed by atoms with Crippen molar-refractivity contribution in [3.8, 4) is 0 Å². The van der Waals surface area contributed by atoms with E-state index in [1.54, 1.807) is 6.33 Å². The molecule has 3 aromatic heterocycles. The van der Waals surface area contributed by atoms with Gasteiger partial charge in [-0.25, -0.2) is 4.98 Å². The second kappa shape index (κ2) is 5.61. The maximum Gasteiger partial charge on any atom is 0.183 e. The molecule has 0 spiro atoms. The van der Waals surface area contributed by atoms with Crippen molar-refractivity contribution < 1.29 is 4.79 Å². The highest BCUT2D eigenvalue weighted by molar-refractivity contribution is 5.98. The molecule has 0 fully saturated rings. The molecule has 0 bridgehead atoms. The second-order valence-corrected chi connectivity index (χ2v) is 5.80. The van der Waals surface area contributed by atoms with Crippen molar-refractivity contribution in [1.82, 2.24) is 14.4 Å². The highest BCUT2D eigenvalue weighted by Gasteiger charge is 2.28. The summed E-state index contributed by atoms with van der Waals surface area (Å²) in [7, 11) is 0. The topological polar surface area (TPSA) is 50.2 Å². The first-order valence-corrected chi connectivity index (χ1v) is 7.36. The highest BCUT2D eigenvalue weighted by atomic mass is 35.5. The fourth-order valence-electron chi connectivity index (χ4n) is 3.34. The lowest BCUT2D eigenvalue weighted by Crippen LogP contribution is -2.23. The van der Waals surface area contributed by atoms with Crippen LogP contribution < -0.4 is 0 Å². The Balaban J connectivity index is 0.00000144. The summed E-state index contributed by atoms with van der Waals surface area (Å²) in [5.41, 5.74) is 5.30. The van der Waals surface area contributed by atoms with E-state index < -0.39 is 0 Å². The van der Waals surface area contributed by atoms with E-state index in [0.29, 0.717) is 0 Å². The maximum atomic E-state index is 12.9. The average Bonchev–Trinajstić information content (AvgIpc) is 3.11. The number of Topliss-reactive ketones (excluding diaryl/α,β-unsaturated/α-hetero) is 1. The number of H-pyrrole nitrogens is 1. The Morgan fingerprint density at radius 1 is 1.41 bits per heavy atom. The molecule has 0 aliphatic heterocycles. The molecule has 4 nitrogen and oxygen atoms in total. The van der Waals surface area contributed by atoms with Crippen molar-refractivity contribution in [2.75, 3.05) is 0 Å². The molecule has 5 heteroatoms. The molecule has 114 valence electrons. The lowest BCUT2D eigenvalue weighted by Gasteiger charge is -2.20. The van der Waals surface area contributed by atoms with Gasteiger partial charge in [0.05, 0.1) is 17.7 Å². The summed E-state index contributed by atoms with van der Waals surface area (Å²) in [6.45, 7) is 2.05. The van der Waals surface area contributed by atoms with E-state index in [1.807, 2.05) is 28.8 Å². The van der Waals surface area contributed by atoms with Crippen molar-refractivity contribution in [3.05, 3.63) is 59.4 Å². The number of aryl methyl sites for hydroxylation is 2. The number of imidazole rings is 1. The number of carbonyl (C=O) groups excluding carboxylic acids is 1. The van der Waals surface area contributed by atoms with Gasteiger partial charge in [0.1, 0.15) is 0 Å². The van der Waals surface area contributed by atoms with E-state index in [4.69, 9.17) is 0 Å². The number of pyridine rings is 1. The van der Waals surface area contributed by atoms with Gasteiger partial charge in [-0.15, -0.1) is 12.4 Å². The van der Waals surface area contributed by atoms with E-state index in [0.717, 1.165) is 41.7 Å². The van der Waals surface area contributed by atoms with E-state index in [2.05, 4.69) is 23.0 Å². The Hall–Kier alpha value is -2.07. The van der Waals surface area contributed by atoms with E-state index in [1.165, 1.54) is 5.69 Å². The zero-order chi connectivity index (χ0) is 14.4. The number of fused-ring (bicyclic) bond motifs is 2. The normalized spacial score (nSPS) is 17.0. The predicted molar refractivity (Wildman–Crippen MR) is 87.8 cm³/mol. The van der Waals surface area contributed by atoms with Crippen LogP contribution in [0, 0.1) is 12.8 Å². The molecule has 3 aromatic rings. The molecule has 0 saturated heterocycles. The van der Waals surface area contributed by atoms with Crippen molar-refractivity contribution in [3.63, 3.8) is 0 Å². The highest BCUT2D eigenvalue weighted by Crippen LogP contribution is 2.27. The van der Waals surface area contributed by atoms with Crippen molar-refractivity contribution in [2.24, 2.45) is 5.92 Å². The number of hydrogen-bond donors (Lipinski definition) is 1. The summed E-state index contributed by atoms with van der Waals surface area (Å²) in [6.07, 6.45) is 6.25. The van der Waals surface area contributed by atoms with Crippen LogP contribution in [0.5, 0.6) is 0 Å². The summed E-state index contributed by atoms with van der Waals surface area (Å²) in [5.74, 6) is 0.274. The van der Waals surface area contributed by atoms with Crippen LogP contribution in [-0.4, -0.2) is 20.2 Å². The zero-order valence-corrected chi connectivity index (χ0v) is 13.2. The van der Waals surface area contributed by atoms with Crippen molar-refractivity contribution in [1.29, 1.82) is 0 Å². The zero-order valence-electron chi connectivity index (χ0n) is 12.4. The summed E-state index contributed by atoms with van der Waals surface area (Å²) in [5, 5.41) is 0. The number of nitrogens with zero attached hydrogens (tertiary/aromatic N) is 2. The van der Waals surface area contributed by atoms with Crippen molar-refractivity contribution in [2.45, 2.75) is 26.2 Å². The van der Waals surface area contributed by atoms with Crippen LogP contribution in [0.2, 0.25) is 0 Å². The summed E-state index contributed by atoms with van der Waals surface area (Å²) < 4.78 is 2.01. The van der Waals surface area contributed by atoms with E-state index in [9.17, 15) is 4.79 Å². The number of nitrogens with one attached hydrogen (secondary N) is 1.